The maximum Gasteiger partial charge on any atom is 0.387 e. The van der Waals surface area contributed by atoms with Gasteiger partial charge in [0.15, 0.2) is 0 Å². The second kappa shape index (κ2) is 7.83. The summed E-state index contributed by atoms with van der Waals surface area (Å²) >= 11 is 4.86. The minimum Gasteiger partial charge on any atom is -0.435 e. The number of alkyl halides is 2. The van der Waals surface area contributed by atoms with Crippen LogP contribution in [0, 0.1) is 0 Å². The van der Waals surface area contributed by atoms with Crippen LogP contribution in [0.4, 0.5) is 8.78 Å². The average molecular weight is 350 g/mol. The zero-order valence-corrected chi connectivity index (χ0v) is 13.6. The van der Waals surface area contributed by atoms with Crippen LogP contribution in [0.2, 0.25) is 0 Å². The Kier molecular flexibility index (Phi) is 5.81. The number of benzene rings is 2. The van der Waals surface area contributed by atoms with E-state index in [1.54, 1.807) is 43.3 Å². The van der Waals surface area contributed by atoms with Crippen molar-refractivity contribution in [3.8, 4) is 5.75 Å². The van der Waals surface area contributed by atoms with Crippen molar-refractivity contribution in [2.75, 3.05) is 0 Å². The first-order valence-electron chi connectivity index (χ1n) is 7.12. The summed E-state index contributed by atoms with van der Waals surface area (Å²) in [6.07, 6.45) is 0. The summed E-state index contributed by atoms with van der Waals surface area (Å²) in [7, 11) is 0. The number of hydrogen-bond acceptors (Lipinski definition) is 3. The molecule has 0 saturated heterocycles. The molecule has 1 unspecified atom stereocenters. The Morgan fingerprint density at radius 1 is 1.08 bits per heavy atom. The smallest absolute Gasteiger partial charge is 0.387 e. The predicted molar refractivity (Wildman–Crippen MR) is 91.3 cm³/mol. The van der Waals surface area contributed by atoms with Gasteiger partial charge in [0.05, 0.1) is 6.04 Å². The number of rotatable bonds is 6. The van der Waals surface area contributed by atoms with Crippen LogP contribution in [0.5, 0.6) is 5.75 Å². The topological polar surface area (TPSA) is 64.4 Å². The van der Waals surface area contributed by atoms with E-state index in [1.807, 2.05) is 0 Å². The molecule has 0 radical (unpaired) electrons. The van der Waals surface area contributed by atoms with Crippen LogP contribution in [0.25, 0.3) is 0 Å². The quantitative estimate of drug-likeness (QED) is 0.784. The number of amides is 1. The number of carbonyl (C=O) groups excluding carboxylic acids is 1. The summed E-state index contributed by atoms with van der Waals surface area (Å²) in [6, 6.07) is 12.4. The molecule has 0 bridgehead atoms. The van der Waals surface area contributed by atoms with Crippen molar-refractivity contribution in [3.05, 3.63) is 65.2 Å². The molecule has 0 fully saturated rings. The Bertz CT molecular complexity index is 718. The fourth-order valence-corrected chi connectivity index (χ4v) is 2.22. The van der Waals surface area contributed by atoms with Gasteiger partial charge in [-0.05, 0) is 36.8 Å². The highest BCUT2D eigenvalue weighted by Gasteiger charge is 2.12. The van der Waals surface area contributed by atoms with E-state index in [1.165, 1.54) is 12.1 Å². The molecular weight excluding hydrogens is 334 g/mol. The van der Waals surface area contributed by atoms with Crippen LogP contribution in [0.1, 0.15) is 34.5 Å². The van der Waals surface area contributed by atoms with Gasteiger partial charge in [0.1, 0.15) is 10.7 Å². The highest BCUT2D eigenvalue weighted by molar-refractivity contribution is 7.80. The van der Waals surface area contributed by atoms with Gasteiger partial charge in [-0.25, -0.2) is 0 Å². The summed E-state index contributed by atoms with van der Waals surface area (Å²) in [5, 5.41) is 2.83. The Hall–Kier alpha value is -2.54. The Morgan fingerprint density at radius 3 is 2.12 bits per heavy atom. The molecule has 0 aliphatic heterocycles. The molecule has 24 heavy (non-hydrogen) atoms. The van der Waals surface area contributed by atoms with Crippen molar-refractivity contribution in [1.29, 1.82) is 0 Å². The van der Waals surface area contributed by atoms with Crippen molar-refractivity contribution in [1.82, 2.24) is 5.32 Å². The number of nitrogens with two attached hydrogens (primary N) is 1. The normalized spacial score (nSPS) is 11.8. The van der Waals surface area contributed by atoms with Crippen molar-refractivity contribution < 1.29 is 18.3 Å². The third kappa shape index (κ3) is 4.73. The minimum atomic E-state index is -2.86. The van der Waals surface area contributed by atoms with Gasteiger partial charge < -0.3 is 15.8 Å². The maximum absolute atomic E-state index is 12.2. The first-order valence-corrected chi connectivity index (χ1v) is 7.53. The molecule has 1 amide bonds. The number of halogens is 2. The molecule has 2 aromatic carbocycles. The fourth-order valence-electron chi connectivity index (χ4n) is 2.09. The lowest BCUT2D eigenvalue weighted by atomic mass is 10.1. The van der Waals surface area contributed by atoms with Crippen molar-refractivity contribution in [2.24, 2.45) is 5.73 Å². The second-order valence-electron chi connectivity index (χ2n) is 5.08. The van der Waals surface area contributed by atoms with Gasteiger partial charge >= 0.3 is 6.61 Å². The largest absolute Gasteiger partial charge is 0.435 e. The van der Waals surface area contributed by atoms with E-state index in [-0.39, 0.29) is 22.7 Å². The molecule has 1 atom stereocenters. The van der Waals surface area contributed by atoms with Crippen molar-refractivity contribution in [3.63, 3.8) is 0 Å². The molecule has 2 rings (SSSR count). The monoisotopic (exact) mass is 350 g/mol. The number of carbonyl (C=O) groups is 1. The van der Waals surface area contributed by atoms with Crippen LogP contribution in [0.3, 0.4) is 0 Å². The molecule has 0 heterocycles. The van der Waals surface area contributed by atoms with Gasteiger partial charge in [-0.1, -0.05) is 36.5 Å². The van der Waals surface area contributed by atoms with Gasteiger partial charge in [-0.3, -0.25) is 4.79 Å². The fraction of sp³-hybridized carbons (Fsp3) is 0.176. The molecule has 0 spiro atoms. The first kappa shape index (κ1) is 17.8. The predicted octanol–water partition coefficient (Wildman–Crippen LogP) is 3.41. The molecule has 3 N–H and O–H groups in total. The first-order chi connectivity index (χ1) is 11.4. The lowest BCUT2D eigenvalue weighted by Crippen LogP contribution is -2.26. The van der Waals surface area contributed by atoms with E-state index >= 15 is 0 Å². The zero-order chi connectivity index (χ0) is 17.7. The van der Waals surface area contributed by atoms with E-state index in [0.717, 1.165) is 5.56 Å². The molecule has 2 aromatic rings. The molecule has 0 aromatic heterocycles. The number of thiocarbonyl (C=S) groups is 1. The lowest BCUT2D eigenvalue weighted by molar-refractivity contribution is -0.0498. The van der Waals surface area contributed by atoms with Crippen molar-refractivity contribution in [2.45, 2.75) is 19.6 Å². The summed E-state index contributed by atoms with van der Waals surface area (Å²) in [6.45, 7) is -1.07. The second-order valence-corrected chi connectivity index (χ2v) is 5.52. The van der Waals surface area contributed by atoms with E-state index in [9.17, 15) is 13.6 Å². The van der Waals surface area contributed by atoms with Crippen LogP contribution in [-0.4, -0.2) is 17.5 Å². The Labute approximate surface area is 143 Å². The van der Waals surface area contributed by atoms with Gasteiger partial charge in [-0.15, -0.1) is 0 Å². The molecule has 126 valence electrons. The van der Waals surface area contributed by atoms with Gasteiger partial charge in [-0.2, -0.15) is 8.78 Å². The summed E-state index contributed by atoms with van der Waals surface area (Å²) in [5.74, 6) is -0.189. The van der Waals surface area contributed by atoms with Crippen molar-refractivity contribution >= 4 is 23.1 Å². The molecule has 0 saturated carbocycles. The Morgan fingerprint density at radius 2 is 1.62 bits per heavy atom. The highest BCUT2D eigenvalue weighted by Crippen LogP contribution is 2.19. The van der Waals surface area contributed by atoms with E-state index in [0.29, 0.717) is 11.1 Å². The average Bonchev–Trinajstić information content (AvgIpc) is 2.55. The molecule has 7 heteroatoms. The van der Waals surface area contributed by atoms with Crippen LogP contribution in [0.15, 0.2) is 48.5 Å². The summed E-state index contributed by atoms with van der Waals surface area (Å²) in [4.78, 5) is 12.5. The SMILES string of the molecule is CC(NC(=O)c1ccc(C(N)=S)cc1)c1ccc(OC(F)F)cc1. The summed E-state index contributed by atoms with van der Waals surface area (Å²) < 4.78 is 28.5. The zero-order valence-electron chi connectivity index (χ0n) is 12.8. The van der Waals surface area contributed by atoms with Gasteiger partial charge in [0, 0.05) is 11.1 Å². The number of nitrogens with one attached hydrogen (secondary N) is 1. The molecular formula is C17H16F2N2O2S. The molecule has 0 aliphatic carbocycles. The van der Waals surface area contributed by atoms with E-state index < -0.39 is 6.61 Å². The third-order valence-corrected chi connectivity index (χ3v) is 3.62. The van der Waals surface area contributed by atoms with Crippen LogP contribution >= 0.6 is 12.2 Å². The minimum absolute atomic E-state index is 0.0700. The lowest BCUT2D eigenvalue weighted by Gasteiger charge is -2.15. The molecule has 4 nitrogen and oxygen atoms in total. The maximum atomic E-state index is 12.2. The highest BCUT2D eigenvalue weighted by atomic mass is 32.1. The van der Waals surface area contributed by atoms with Crippen LogP contribution < -0.4 is 15.8 Å². The van der Waals surface area contributed by atoms with E-state index in [2.05, 4.69) is 10.1 Å². The third-order valence-electron chi connectivity index (χ3n) is 3.38. The number of ether oxygens (including phenoxy) is 1. The van der Waals surface area contributed by atoms with Gasteiger partial charge in [0.25, 0.3) is 5.91 Å². The van der Waals surface area contributed by atoms with Crippen LogP contribution in [-0.2, 0) is 0 Å². The Balaban J connectivity index is 2.01. The summed E-state index contributed by atoms with van der Waals surface area (Å²) in [5.41, 5.74) is 7.44. The standard InChI is InChI=1S/C17H16F2N2O2S/c1-10(11-6-8-14(9-7-11)23-17(18)19)21-16(22)13-4-2-12(3-5-13)15(20)24/h2-10,17H,1H3,(H2,20,24)(H,21,22). The molecule has 0 aliphatic rings. The van der Waals surface area contributed by atoms with Gasteiger partial charge in [0.2, 0.25) is 0 Å². The number of hydrogen-bond donors (Lipinski definition) is 2. The van der Waals surface area contributed by atoms with E-state index in [4.69, 9.17) is 18.0 Å².